The lowest BCUT2D eigenvalue weighted by Gasteiger charge is -2.31. The Morgan fingerprint density at radius 1 is 0.778 bits per heavy atom. The van der Waals surface area contributed by atoms with E-state index < -0.39 is 84.8 Å². The molecule has 0 aliphatic carbocycles. The van der Waals surface area contributed by atoms with Crippen LogP contribution in [0.2, 0.25) is 0 Å². The Bertz CT molecular complexity index is 857. The summed E-state index contributed by atoms with van der Waals surface area (Å²) in [5, 5.41) is 0. The fraction of sp³-hybridized carbons (Fsp3) is 0.870. The first-order chi connectivity index (χ1) is 16.7. The van der Waals surface area contributed by atoms with Crippen molar-refractivity contribution in [1.82, 2.24) is 0 Å². The molecule has 0 aromatic rings. The number of carbonyl (C=O) groups excluding carboxylic acids is 3. The average Bonchev–Trinajstić information content (AvgIpc) is 3.42. The molecule has 9 unspecified atom stereocenters. The van der Waals surface area contributed by atoms with E-state index in [1.54, 1.807) is 27.7 Å². The van der Waals surface area contributed by atoms with Gasteiger partial charge in [0, 0.05) is 20.8 Å². The summed E-state index contributed by atoms with van der Waals surface area (Å²) >= 11 is 0. The van der Waals surface area contributed by atoms with E-state index in [1.165, 1.54) is 20.8 Å². The van der Waals surface area contributed by atoms with Crippen LogP contribution in [-0.4, -0.2) is 98.0 Å². The zero-order chi connectivity index (χ0) is 26.4. The van der Waals surface area contributed by atoms with E-state index in [0.717, 1.165) is 0 Å². The molecule has 4 aliphatic rings. The van der Waals surface area contributed by atoms with Crippen molar-refractivity contribution in [1.29, 1.82) is 0 Å². The summed E-state index contributed by atoms with van der Waals surface area (Å²) in [7, 11) is 0. The third-order valence-corrected chi connectivity index (χ3v) is 6.04. The number of ether oxygens (including phenoxy) is 10. The van der Waals surface area contributed by atoms with Crippen molar-refractivity contribution in [3.63, 3.8) is 0 Å². The highest BCUT2D eigenvalue weighted by Crippen LogP contribution is 2.43. The van der Waals surface area contributed by atoms with E-state index in [9.17, 15) is 14.4 Å². The molecule has 4 fully saturated rings. The van der Waals surface area contributed by atoms with Gasteiger partial charge in [-0.3, -0.25) is 14.4 Å². The largest absolute Gasteiger partial charge is 0.463 e. The summed E-state index contributed by atoms with van der Waals surface area (Å²) in [6.07, 6.45) is -7.82. The summed E-state index contributed by atoms with van der Waals surface area (Å²) in [4.78, 5) is 35.2. The molecule has 4 heterocycles. The minimum atomic E-state index is -1.21. The van der Waals surface area contributed by atoms with Crippen LogP contribution in [-0.2, 0) is 61.8 Å². The van der Waals surface area contributed by atoms with Crippen LogP contribution < -0.4 is 0 Å². The first-order valence-corrected chi connectivity index (χ1v) is 11.9. The lowest BCUT2D eigenvalue weighted by Crippen LogP contribution is -2.48. The fourth-order valence-electron chi connectivity index (χ4n) is 4.78. The van der Waals surface area contributed by atoms with Crippen molar-refractivity contribution in [3.05, 3.63) is 0 Å². The lowest BCUT2D eigenvalue weighted by atomic mass is 10.1. The number of carbonyl (C=O) groups is 3. The number of hydrogen-bond acceptors (Lipinski definition) is 13. The molecule has 9 atom stereocenters. The molecule has 204 valence electrons. The average molecular weight is 519 g/mol. The highest BCUT2D eigenvalue weighted by atomic mass is 16.9. The minimum Gasteiger partial charge on any atom is -0.463 e. The fourth-order valence-corrected chi connectivity index (χ4v) is 4.78. The maximum absolute atomic E-state index is 11.9. The van der Waals surface area contributed by atoms with E-state index in [-0.39, 0.29) is 13.2 Å². The molecule has 0 radical (unpaired) electrons. The van der Waals surface area contributed by atoms with Crippen molar-refractivity contribution in [2.24, 2.45) is 0 Å². The van der Waals surface area contributed by atoms with Gasteiger partial charge in [0.05, 0.1) is 6.61 Å². The van der Waals surface area contributed by atoms with Crippen LogP contribution in [0.25, 0.3) is 0 Å². The van der Waals surface area contributed by atoms with Crippen molar-refractivity contribution >= 4 is 17.9 Å². The molecule has 4 rings (SSSR count). The van der Waals surface area contributed by atoms with Crippen molar-refractivity contribution < 1.29 is 61.8 Å². The van der Waals surface area contributed by atoms with Gasteiger partial charge in [0.25, 0.3) is 0 Å². The maximum Gasteiger partial charge on any atom is 0.303 e. The Kier molecular flexibility index (Phi) is 7.64. The van der Waals surface area contributed by atoms with Crippen molar-refractivity contribution in [3.8, 4) is 0 Å². The molecule has 0 N–H and O–H groups in total. The van der Waals surface area contributed by atoms with E-state index in [4.69, 9.17) is 47.4 Å². The normalized spacial score (nSPS) is 40.6. The van der Waals surface area contributed by atoms with Gasteiger partial charge in [-0.25, -0.2) is 0 Å². The summed E-state index contributed by atoms with van der Waals surface area (Å²) in [5.74, 6) is -3.59. The van der Waals surface area contributed by atoms with Gasteiger partial charge in [-0.15, -0.1) is 0 Å². The summed E-state index contributed by atoms with van der Waals surface area (Å²) in [5.41, 5.74) is 0. The van der Waals surface area contributed by atoms with Gasteiger partial charge in [-0.2, -0.15) is 0 Å². The number of esters is 3. The molecule has 0 aromatic heterocycles. The van der Waals surface area contributed by atoms with Gasteiger partial charge in [0.15, 0.2) is 36.4 Å². The molecule has 13 nitrogen and oxygen atoms in total. The summed E-state index contributed by atoms with van der Waals surface area (Å²) in [6, 6.07) is 0. The molecule has 4 aliphatic heterocycles. The standard InChI is InChI=1S/C23H34O13/c1-10(24)27-8-13-15(29-11(2)25)18(30-12(3)26)20(31-13)33-17-16(14-9-28-22(4,5)34-14)32-21-19(17)35-23(6,7)36-21/h13-21H,8-9H2,1-7H3. The van der Waals surface area contributed by atoms with Gasteiger partial charge in [0.1, 0.15) is 37.1 Å². The first kappa shape index (κ1) is 27.2. The molecule has 0 bridgehead atoms. The van der Waals surface area contributed by atoms with Crippen molar-refractivity contribution in [2.45, 2.75) is 115 Å². The van der Waals surface area contributed by atoms with Gasteiger partial charge in [-0.05, 0) is 27.7 Å². The Hall–Kier alpha value is -1.87. The quantitative estimate of drug-likeness (QED) is 0.342. The summed E-state index contributed by atoms with van der Waals surface area (Å²) < 4.78 is 58.0. The molecule has 0 spiro atoms. The first-order valence-electron chi connectivity index (χ1n) is 11.9. The smallest absolute Gasteiger partial charge is 0.303 e. The number of hydrogen-bond donors (Lipinski definition) is 0. The van der Waals surface area contributed by atoms with Crippen LogP contribution in [0, 0.1) is 0 Å². The highest BCUT2D eigenvalue weighted by Gasteiger charge is 2.61. The van der Waals surface area contributed by atoms with E-state index in [1.807, 2.05) is 0 Å². The molecule has 13 heteroatoms. The Morgan fingerprint density at radius 3 is 2.03 bits per heavy atom. The molecule has 36 heavy (non-hydrogen) atoms. The predicted octanol–water partition coefficient (Wildman–Crippen LogP) is 0.551. The Balaban J connectivity index is 1.59. The van der Waals surface area contributed by atoms with Crippen LogP contribution in [0.1, 0.15) is 48.5 Å². The van der Waals surface area contributed by atoms with E-state index in [2.05, 4.69) is 0 Å². The molecule has 0 aromatic carbocycles. The lowest BCUT2D eigenvalue weighted by molar-refractivity contribution is -0.262. The second-order valence-electron chi connectivity index (χ2n) is 10.0. The molecular formula is C23H34O13. The summed E-state index contributed by atoms with van der Waals surface area (Å²) in [6.45, 7) is 10.7. The van der Waals surface area contributed by atoms with Gasteiger partial charge >= 0.3 is 17.9 Å². The zero-order valence-corrected chi connectivity index (χ0v) is 21.4. The third kappa shape index (κ3) is 5.98. The molecule has 4 saturated heterocycles. The van der Waals surface area contributed by atoms with Crippen LogP contribution >= 0.6 is 0 Å². The minimum absolute atomic E-state index is 0.240. The monoisotopic (exact) mass is 518 g/mol. The topological polar surface area (TPSA) is 144 Å². The van der Waals surface area contributed by atoms with Crippen LogP contribution in [0.5, 0.6) is 0 Å². The van der Waals surface area contributed by atoms with Crippen molar-refractivity contribution in [2.75, 3.05) is 13.2 Å². The number of fused-ring (bicyclic) bond motifs is 1. The second-order valence-corrected chi connectivity index (χ2v) is 10.0. The van der Waals surface area contributed by atoms with E-state index >= 15 is 0 Å². The molecular weight excluding hydrogens is 484 g/mol. The van der Waals surface area contributed by atoms with Crippen LogP contribution in [0.15, 0.2) is 0 Å². The zero-order valence-electron chi connectivity index (χ0n) is 21.4. The maximum atomic E-state index is 11.9. The van der Waals surface area contributed by atoms with E-state index in [0.29, 0.717) is 0 Å². The SMILES string of the molecule is CC(=O)OCC1OC(OC2C(C3COC(C)(C)O3)OC3OC(C)(C)OC32)C(OC(C)=O)C1OC(C)=O. The predicted molar refractivity (Wildman–Crippen MR) is 115 cm³/mol. The Labute approximate surface area is 208 Å². The van der Waals surface area contributed by atoms with Gasteiger partial charge < -0.3 is 47.4 Å². The van der Waals surface area contributed by atoms with Crippen LogP contribution in [0.4, 0.5) is 0 Å². The van der Waals surface area contributed by atoms with Crippen LogP contribution in [0.3, 0.4) is 0 Å². The second kappa shape index (κ2) is 10.1. The Morgan fingerprint density at radius 2 is 1.44 bits per heavy atom. The molecule has 0 saturated carbocycles. The number of rotatable bonds is 7. The molecule has 0 amide bonds. The third-order valence-electron chi connectivity index (χ3n) is 6.04. The van der Waals surface area contributed by atoms with Gasteiger partial charge in [-0.1, -0.05) is 0 Å². The highest BCUT2D eigenvalue weighted by molar-refractivity contribution is 5.68. The van der Waals surface area contributed by atoms with Gasteiger partial charge in [0.2, 0.25) is 0 Å².